The molecule has 2 heteroatoms. The Balaban J connectivity index is 2.22. The van der Waals surface area contributed by atoms with Gasteiger partial charge in [0.25, 0.3) is 0 Å². The molecule has 0 aliphatic carbocycles. The van der Waals surface area contributed by atoms with E-state index in [0.29, 0.717) is 6.04 Å². The first-order chi connectivity index (χ1) is 7.90. The molecule has 0 amide bonds. The van der Waals surface area contributed by atoms with Gasteiger partial charge in [0.2, 0.25) is 0 Å². The van der Waals surface area contributed by atoms with Crippen molar-refractivity contribution in [3.8, 4) is 5.75 Å². The lowest BCUT2D eigenvalue weighted by atomic mass is 9.92. The molecular weight excluding hydrogens is 198 g/mol. The number of hydrogen-bond acceptors (Lipinski definition) is 2. The van der Waals surface area contributed by atoms with Gasteiger partial charge in [-0.15, -0.1) is 0 Å². The third-order valence-electron chi connectivity index (χ3n) is 3.34. The molecule has 82 valence electrons. The van der Waals surface area contributed by atoms with Gasteiger partial charge in [0.1, 0.15) is 5.75 Å². The van der Waals surface area contributed by atoms with Crippen molar-refractivity contribution in [1.82, 2.24) is 5.32 Å². The maximum Gasteiger partial charge on any atom is 0.126 e. The van der Waals surface area contributed by atoms with Crippen LogP contribution in [0.15, 0.2) is 36.4 Å². The Morgan fingerprint density at radius 1 is 1.12 bits per heavy atom. The molecule has 2 aromatic rings. The molecule has 0 saturated carbocycles. The Bertz CT molecular complexity index is 517. The number of hydrogen-bond donors (Lipinski definition) is 1. The lowest BCUT2D eigenvalue weighted by molar-refractivity contribution is 0.384. The topological polar surface area (TPSA) is 21.3 Å². The quantitative estimate of drug-likeness (QED) is 0.828. The van der Waals surface area contributed by atoms with Crippen molar-refractivity contribution in [2.45, 2.75) is 12.5 Å². The molecule has 1 N–H and O–H groups in total. The third kappa shape index (κ3) is 1.38. The largest absolute Gasteiger partial charge is 0.496 e. The summed E-state index contributed by atoms with van der Waals surface area (Å²) in [4.78, 5) is 0. The van der Waals surface area contributed by atoms with Gasteiger partial charge in [0, 0.05) is 11.4 Å². The number of methoxy groups -OCH3 is 1. The summed E-state index contributed by atoms with van der Waals surface area (Å²) in [5, 5.41) is 5.96. The zero-order valence-corrected chi connectivity index (χ0v) is 9.36. The van der Waals surface area contributed by atoms with Crippen LogP contribution in [0.25, 0.3) is 10.8 Å². The average Bonchev–Trinajstić information content (AvgIpc) is 2.27. The molecule has 1 fully saturated rings. The fraction of sp³-hybridized carbons (Fsp3) is 0.286. The Morgan fingerprint density at radius 3 is 2.50 bits per heavy atom. The van der Waals surface area contributed by atoms with E-state index in [1.165, 1.54) is 22.8 Å². The smallest absolute Gasteiger partial charge is 0.126 e. The highest BCUT2D eigenvalue weighted by molar-refractivity contribution is 5.91. The van der Waals surface area contributed by atoms with E-state index in [1.807, 2.05) is 0 Å². The van der Waals surface area contributed by atoms with Gasteiger partial charge < -0.3 is 10.1 Å². The molecule has 0 bridgehead atoms. The van der Waals surface area contributed by atoms with E-state index in [2.05, 4.69) is 41.7 Å². The summed E-state index contributed by atoms with van der Waals surface area (Å²) in [6, 6.07) is 13.2. The fourth-order valence-electron chi connectivity index (χ4n) is 2.33. The molecule has 1 aliphatic heterocycles. The van der Waals surface area contributed by atoms with E-state index in [0.717, 1.165) is 12.3 Å². The molecule has 1 saturated heterocycles. The summed E-state index contributed by atoms with van der Waals surface area (Å²) in [6.07, 6.45) is 1.23. The van der Waals surface area contributed by atoms with Gasteiger partial charge in [0.15, 0.2) is 0 Å². The van der Waals surface area contributed by atoms with Crippen LogP contribution >= 0.6 is 0 Å². The van der Waals surface area contributed by atoms with Crippen molar-refractivity contribution in [3.63, 3.8) is 0 Å². The van der Waals surface area contributed by atoms with Gasteiger partial charge in [-0.1, -0.05) is 30.3 Å². The first kappa shape index (κ1) is 9.67. The molecule has 1 heterocycles. The van der Waals surface area contributed by atoms with Gasteiger partial charge >= 0.3 is 0 Å². The van der Waals surface area contributed by atoms with Crippen molar-refractivity contribution in [3.05, 3.63) is 42.0 Å². The number of benzene rings is 2. The second-order valence-corrected chi connectivity index (χ2v) is 4.20. The first-order valence-corrected chi connectivity index (χ1v) is 5.69. The van der Waals surface area contributed by atoms with E-state index in [1.54, 1.807) is 7.11 Å². The van der Waals surface area contributed by atoms with E-state index in [9.17, 15) is 0 Å². The Morgan fingerprint density at radius 2 is 1.88 bits per heavy atom. The van der Waals surface area contributed by atoms with Crippen molar-refractivity contribution in [1.29, 1.82) is 0 Å². The van der Waals surface area contributed by atoms with Crippen LogP contribution in [0.3, 0.4) is 0 Å². The zero-order valence-electron chi connectivity index (χ0n) is 9.36. The van der Waals surface area contributed by atoms with E-state index in [-0.39, 0.29) is 0 Å². The van der Waals surface area contributed by atoms with Crippen molar-refractivity contribution in [2.75, 3.05) is 13.7 Å². The molecule has 3 rings (SSSR count). The van der Waals surface area contributed by atoms with E-state index >= 15 is 0 Å². The Kier molecular flexibility index (Phi) is 2.29. The van der Waals surface area contributed by atoms with Gasteiger partial charge in [0.05, 0.1) is 7.11 Å². The van der Waals surface area contributed by atoms with Crippen LogP contribution in [-0.4, -0.2) is 13.7 Å². The summed E-state index contributed by atoms with van der Waals surface area (Å²) >= 11 is 0. The lowest BCUT2D eigenvalue weighted by Crippen LogP contribution is -2.35. The zero-order chi connectivity index (χ0) is 11.0. The molecular formula is C14H15NO. The second kappa shape index (κ2) is 3.80. The minimum Gasteiger partial charge on any atom is -0.496 e. The van der Waals surface area contributed by atoms with Crippen LogP contribution in [0.4, 0.5) is 0 Å². The highest BCUT2D eigenvalue weighted by Gasteiger charge is 2.20. The first-order valence-electron chi connectivity index (χ1n) is 5.69. The highest BCUT2D eigenvalue weighted by Crippen LogP contribution is 2.34. The van der Waals surface area contributed by atoms with Crippen molar-refractivity contribution < 1.29 is 4.74 Å². The molecule has 2 aromatic carbocycles. The molecule has 1 aliphatic rings. The van der Waals surface area contributed by atoms with Crippen molar-refractivity contribution in [2.24, 2.45) is 0 Å². The molecule has 1 atom stereocenters. The number of rotatable bonds is 2. The number of ether oxygens (including phenoxy) is 1. The Labute approximate surface area is 95.2 Å². The third-order valence-corrected chi connectivity index (χ3v) is 3.34. The standard InChI is InChI=1S/C14H15NO/c1-16-14-7-6-11(13-8-9-15-13)10-4-2-3-5-12(10)14/h2-7,13,15H,8-9H2,1H3/t13-/m0/s1. The maximum atomic E-state index is 5.39. The summed E-state index contributed by atoms with van der Waals surface area (Å²) in [5.74, 6) is 0.957. The lowest BCUT2D eigenvalue weighted by Gasteiger charge is -2.29. The van der Waals surface area contributed by atoms with Crippen LogP contribution in [0.5, 0.6) is 5.75 Å². The molecule has 0 radical (unpaired) electrons. The average molecular weight is 213 g/mol. The van der Waals surface area contributed by atoms with Crippen molar-refractivity contribution >= 4 is 10.8 Å². The summed E-state index contributed by atoms with van der Waals surface area (Å²) in [7, 11) is 1.73. The van der Waals surface area contributed by atoms with Gasteiger partial charge in [-0.2, -0.15) is 0 Å². The van der Waals surface area contributed by atoms with Crippen LogP contribution < -0.4 is 10.1 Å². The predicted octanol–water partition coefficient (Wildman–Crippen LogP) is 2.88. The minimum absolute atomic E-state index is 0.524. The number of nitrogens with one attached hydrogen (secondary N) is 1. The van der Waals surface area contributed by atoms with Crippen LogP contribution in [0, 0.1) is 0 Å². The molecule has 0 aromatic heterocycles. The van der Waals surface area contributed by atoms with Crippen LogP contribution in [0.2, 0.25) is 0 Å². The number of fused-ring (bicyclic) bond motifs is 1. The maximum absolute atomic E-state index is 5.39. The minimum atomic E-state index is 0.524. The highest BCUT2D eigenvalue weighted by atomic mass is 16.5. The van der Waals surface area contributed by atoms with E-state index in [4.69, 9.17) is 4.74 Å². The normalized spacial score (nSPS) is 19.4. The second-order valence-electron chi connectivity index (χ2n) is 4.20. The molecule has 16 heavy (non-hydrogen) atoms. The van der Waals surface area contributed by atoms with Gasteiger partial charge in [-0.25, -0.2) is 0 Å². The summed E-state index contributed by atoms with van der Waals surface area (Å²) in [6.45, 7) is 1.13. The van der Waals surface area contributed by atoms with Crippen LogP contribution in [0.1, 0.15) is 18.0 Å². The van der Waals surface area contributed by atoms with E-state index < -0.39 is 0 Å². The SMILES string of the molecule is COc1ccc([C@@H]2CCN2)c2ccccc12. The molecule has 2 nitrogen and oxygen atoms in total. The van der Waals surface area contributed by atoms with Crippen LogP contribution in [-0.2, 0) is 0 Å². The predicted molar refractivity (Wildman–Crippen MR) is 65.9 cm³/mol. The van der Waals surface area contributed by atoms with Gasteiger partial charge in [-0.3, -0.25) is 0 Å². The molecule has 0 unspecified atom stereocenters. The summed E-state index contributed by atoms with van der Waals surface area (Å²) in [5.41, 5.74) is 1.39. The fourth-order valence-corrected chi connectivity index (χ4v) is 2.33. The Hall–Kier alpha value is -1.54. The molecule has 0 spiro atoms. The summed E-state index contributed by atoms with van der Waals surface area (Å²) < 4.78 is 5.39. The van der Waals surface area contributed by atoms with Gasteiger partial charge in [-0.05, 0) is 30.0 Å². The monoisotopic (exact) mass is 213 g/mol.